The van der Waals surface area contributed by atoms with Gasteiger partial charge in [-0.3, -0.25) is 4.79 Å². The van der Waals surface area contributed by atoms with Gasteiger partial charge in [0.2, 0.25) is 5.91 Å². The second-order valence-electron chi connectivity index (χ2n) is 5.25. The number of fused-ring (bicyclic) bond motifs is 1. The van der Waals surface area contributed by atoms with E-state index in [0.29, 0.717) is 0 Å². The molecule has 0 N–H and O–H groups in total. The molecule has 2 aliphatic heterocycles. The Morgan fingerprint density at radius 3 is 2.89 bits per heavy atom. The molecule has 100 valence electrons. The zero-order valence-electron chi connectivity index (χ0n) is 11.0. The smallest absolute Gasteiger partial charge is 0.246 e. The first-order chi connectivity index (χ1) is 9.29. The first-order valence-electron chi connectivity index (χ1n) is 6.93. The Kier molecular flexibility index (Phi) is 3.38. The van der Waals surface area contributed by atoms with Crippen LogP contribution in [0.15, 0.2) is 43.0 Å². The molecule has 3 heteroatoms. The van der Waals surface area contributed by atoms with Crippen LogP contribution in [0, 0.1) is 0 Å². The maximum absolute atomic E-state index is 11.9. The van der Waals surface area contributed by atoms with Gasteiger partial charge in [-0.25, -0.2) is 0 Å². The molecule has 19 heavy (non-hydrogen) atoms. The quantitative estimate of drug-likeness (QED) is 0.762. The number of hydrogen-bond donors (Lipinski definition) is 0. The van der Waals surface area contributed by atoms with Crippen molar-refractivity contribution in [1.29, 1.82) is 0 Å². The fourth-order valence-electron chi connectivity index (χ4n) is 3.22. The Labute approximate surface area is 113 Å². The van der Waals surface area contributed by atoms with Crippen molar-refractivity contribution in [2.24, 2.45) is 0 Å². The number of amides is 1. The summed E-state index contributed by atoms with van der Waals surface area (Å²) in [5.41, 5.74) is 1.21. The molecule has 0 aromatic heterocycles. The van der Waals surface area contributed by atoms with Crippen molar-refractivity contribution in [1.82, 2.24) is 4.90 Å². The highest BCUT2D eigenvalue weighted by Gasteiger charge is 2.42. The summed E-state index contributed by atoms with van der Waals surface area (Å²) in [6, 6.07) is 10.5. The van der Waals surface area contributed by atoms with E-state index in [0.717, 1.165) is 25.8 Å². The minimum absolute atomic E-state index is 0.0343. The summed E-state index contributed by atoms with van der Waals surface area (Å²) in [5.74, 6) is 0.0343. The van der Waals surface area contributed by atoms with Crippen LogP contribution in [0.4, 0.5) is 0 Å². The number of carbonyl (C=O) groups excluding carboxylic acids is 1. The zero-order valence-corrected chi connectivity index (χ0v) is 11.0. The Balaban J connectivity index is 1.78. The minimum Gasteiger partial charge on any atom is -0.368 e. The van der Waals surface area contributed by atoms with E-state index < -0.39 is 0 Å². The minimum atomic E-state index is 0.0343. The van der Waals surface area contributed by atoms with Crippen molar-refractivity contribution in [3.05, 3.63) is 48.6 Å². The van der Waals surface area contributed by atoms with Crippen LogP contribution in [0.1, 0.15) is 30.9 Å². The molecule has 3 nitrogen and oxygen atoms in total. The third-order valence-corrected chi connectivity index (χ3v) is 4.14. The maximum atomic E-state index is 11.9. The van der Waals surface area contributed by atoms with Crippen LogP contribution in [0.25, 0.3) is 0 Å². The molecule has 3 rings (SSSR count). The molecule has 1 aromatic rings. The van der Waals surface area contributed by atoms with Crippen molar-refractivity contribution < 1.29 is 9.53 Å². The standard InChI is InChI=1S/C16H19NO2/c1-2-16(18)17-10-6-9-14-13(17)11-15(19-14)12-7-4-3-5-8-12/h2-5,7-8,13-15H,1,6,9-11H2/t13-,14-,15-/m0/s1. The predicted octanol–water partition coefficient (Wildman–Crippen LogP) is 2.69. The summed E-state index contributed by atoms with van der Waals surface area (Å²) >= 11 is 0. The van der Waals surface area contributed by atoms with Crippen molar-refractivity contribution in [3.8, 4) is 0 Å². The van der Waals surface area contributed by atoms with Gasteiger partial charge in [-0.2, -0.15) is 0 Å². The Bertz CT molecular complexity index is 471. The molecule has 3 atom stereocenters. The molecule has 1 amide bonds. The van der Waals surface area contributed by atoms with E-state index >= 15 is 0 Å². The molecule has 0 spiro atoms. The van der Waals surface area contributed by atoms with Crippen molar-refractivity contribution in [2.45, 2.75) is 37.5 Å². The summed E-state index contributed by atoms with van der Waals surface area (Å²) < 4.78 is 6.15. The lowest BCUT2D eigenvalue weighted by molar-refractivity contribution is -0.131. The third kappa shape index (κ3) is 2.30. The number of carbonyl (C=O) groups is 1. The number of hydrogen-bond acceptors (Lipinski definition) is 2. The van der Waals surface area contributed by atoms with Crippen molar-refractivity contribution in [2.75, 3.05) is 6.54 Å². The number of ether oxygens (including phenoxy) is 1. The fourth-order valence-corrected chi connectivity index (χ4v) is 3.22. The molecule has 2 saturated heterocycles. The monoisotopic (exact) mass is 257 g/mol. The maximum Gasteiger partial charge on any atom is 0.246 e. The second kappa shape index (κ2) is 5.17. The van der Waals surface area contributed by atoms with Gasteiger partial charge in [-0.05, 0) is 24.5 Å². The van der Waals surface area contributed by atoms with E-state index in [1.54, 1.807) is 0 Å². The second-order valence-corrected chi connectivity index (χ2v) is 5.25. The first-order valence-corrected chi connectivity index (χ1v) is 6.93. The van der Waals surface area contributed by atoms with E-state index in [-0.39, 0.29) is 24.2 Å². The van der Waals surface area contributed by atoms with Crippen LogP contribution >= 0.6 is 0 Å². The lowest BCUT2D eigenvalue weighted by atomic mass is 9.95. The molecule has 0 unspecified atom stereocenters. The molecule has 2 heterocycles. The molecule has 0 radical (unpaired) electrons. The van der Waals surface area contributed by atoms with Gasteiger partial charge in [0.05, 0.1) is 18.2 Å². The lowest BCUT2D eigenvalue weighted by Crippen LogP contribution is -2.48. The summed E-state index contributed by atoms with van der Waals surface area (Å²) in [4.78, 5) is 13.8. The van der Waals surface area contributed by atoms with E-state index in [1.165, 1.54) is 11.6 Å². The van der Waals surface area contributed by atoms with Gasteiger partial charge in [0.1, 0.15) is 0 Å². The highest BCUT2D eigenvalue weighted by atomic mass is 16.5. The molecular formula is C16H19NO2. The lowest BCUT2D eigenvalue weighted by Gasteiger charge is -2.35. The van der Waals surface area contributed by atoms with Gasteiger partial charge < -0.3 is 9.64 Å². The van der Waals surface area contributed by atoms with Crippen LogP contribution in [-0.2, 0) is 9.53 Å². The Morgan fingerprint density at radius 2 is 2.16 bits per heavy atom. The van der Waals surface area contributed by atoms with Gasteiger partial charge in [0.15, 0.2) is 0 Å². The summed E-state index contributed by atoms with van der Waals surface area (Å²) in [6.45, 7) is 4.43. The topological polar surface area (TPSA) is 29.5 Å². The van der Waals surface area contributed by atoms with E-state index in [1.807, 2.05) is 23.1 Å². The number of piperidine rings is 1. The molecule has 2 fully saturated rings. The molecular weight excluding hydrogens is 238 g/mol. The van der Waals surface area contributed by atoms with Gasteiger partial charge in [0, 0.05) is 13.0 Å². The van der Waals surface area contributed by atoms with Crippen LogP contribution < -0.4 is 0 Å². The summed E-state index contributed by atoms with van der Waals surface area (Å²) in [5, 5.41) is 0. The molecule has 0 bridgehead atoms. The molecule has 2 aliphatic rings. The average Bonchev–Trinajstić information content (AvgIpc) is 2.91. The SMILES string of the molecule is C=CC(=O)N1CCC[C@@H]2O[C@H](c3ccccc3)C[C@@H]21. The highest BCUT2D eigenvalue weighted by Crippen LogP contribution is 2.39. The highest BCUT2D eigenvalue weighted by molar-refractivity contribution is 5.87. The zero-order chi connectivity index (χ0) is 13.2. The molecule has 0 aliphatic carbocycles. The van der Waals surface area contributed by atoms with Crippen molar-refractivity contribution in [3.63, 3.8) is 0 Å². The van der Waals surface area contributed by atoms with Crippen LogP contribution in [-0.4, -0.2) is 29.5 Å². The van der Waals surface area contributed by atoms with Gasteiger partial charge in [0.25, 0.3) is 0 Å². The number of nitrogens with zero attached hydrogens (tertiary/aromatic N) is 1. The van der Waals surface area contributed by atoms with E-state index in [4.69, 9.17) is 4.74 Å². The fraction of sp³-hybridized carbons (Fsp3) is 0.438. The van der Waals surface area contributed by atoms with Crippen molar-refractivity contribution >= 4 is 5.91 Å². The van der Waals surface area contributed by atoms with Gasteiger partial charge in [-0.1, -0.05) is 36.9 Å². The van der Waals surface area contributed by atoms with Gasteiger partial charge in [-0.15, -0.1) is 0 Å². The van der Waals surface area contributed by atoms with Gasteiger partial charge >= 0.3 is 0 Å². The number of rotatable bonds is 2. The Hall–Kier alpha value is -1.61. The molecule has 0 saturated carbocycles. The molecule has 1 aromatic carbocycles. The largest absolute Gasteiger partial charge is 0.368 e. The van der Waals surface area contributed by atoms with Crippen LogP contribution in [0.2, 0.25) is 0 Å². The Morgan fingerprint density at radius 1 is 1.37 bits per heavy atom. The first kappa shape index (κ1) is 12.4. The third-order valence-electron chi connectivity index (χ3n) is 4.14. The average molecular weight is 257 g/mol. The van der Waals surface area contributed by atoms with Crippen LogP contribution in [0.5, 0.6) is 0 Å². The van der Waals surface area contributed by atoms with Crippen LogP contribution in [0.3, 0.4) is 0 Å². The van der Waals surface area contributed by atoms with E-state index in [2.05, 4.69) is 18.7 Å². The predicted molar refractivity (Wildman–Crippen MR) is 73.6 cm³/mol. The summed E-state index contributed by atoms with van der Waals surface area (Å²) in [7, 11) is 0. The number of benzene rings is 1. The van der Waals surface area contributed by atoms with E-state index in [9.17, 15) is 4.79 Å². The summed E-state index contributed by atoms with van der Waals surface area (Å²) in [6.07, 6.45) is 4.68. The normalized spacial score (nSPS) is 29.9. The number of likely N-dealkylation sites (tertiary alicyclic amines) is 1.